The van der Waals surface area contributed by atoms with Gasteiger partial charge in [0.1, 0.15) is 5.82 Å². The molecule has 0 bridgehead atoms. The molecule has 0 fully saturated rings. The van der Waals surface area contributed by atoms with Crippen molar-refractivity contribution in [2.45, 2.75) is 30.8 Å². The number of amides is 1. The molecule has 0 aliphatic heterocycles. The quantitative estimate of drug-likeness (QED) is 0.480. The lowest BCUT2D eigenvalue weighted by atomic mass is 10.1. The molecule has 1 amide bonds. The third-order valence-electron chi connectivity index (χ3n) is 2.60. The van der Waals surface area contributed by atoms with E-state index in [1.54, 1.807) is 0 Å². The Morgan fingerprint density at radius 2 is 2.05 bits per heavy atom. The Labute approximate surface area is 122 Å². The fourth-order valence-corrected chi connectivity index (χ4v) is 1.88. The number of hydrogen-bond acceptors (Lipinski definition) is 1. The molecule has 0 radical (unpaired) electrons. The predicted octanol–water partition coefficient (Wildman–Crippen LogP) is 4.14. The van der Waals surface area contributed by atoms with Crippen molar-refractivity contribution in [1.29, 1.82) is 0 Å². The molecule has 1 unspecified atom stereocenters. The number of halogens is 5. The van der Waals surface area contributed by atoms with Gasteiger partial charge in [-0.15, -0.1) is 0 Å². The molecular weight excluding hydrogens is 342 g/mol. The summed E-state index contributed by atoms with van der Waals surface area (Å²) < 4.78 is 50.9. The van der Waals surface area contributed by atoms with Crippen LogP contribution in [-0.4, -0.2) is 17.3 Å². The number of carbonyl (C=O) groups excluding carboxylic acids is 1. The molecule has 7 heteroatoms. The van der Waals surface area contributed by atoms with Gasteiger partial charge in [0.25, 0.3) is 5.91 Å². The van der Waals surface area contributed by atoms with Gasteiger partial charge in [-0.25, -0.2) is 4.39 Å². The second kappa shape index (κ2) is 7.06. The summed E-state index contributed by atoms with van der Waals surface area (Å²) >= 11 is 3.33. The van der Waals surface area contributed by atoms with E-state index in [0.29, 0.717) is 24.6 Å². The fraction of sp³-hybridized carbons (Fsp3) is 0.462. The minimum Gasteiger partial charge on any atom is -0.352 e. The van der Waals surface area contributed by atoms with Gasteiger partial charge >= 0.3 is 6.18 Å². The largest absolute Gasteiger partial charge is 0.416 e. The molecular formula is C13H14BrF4NO. The Morgan fingerprint density at radius 3 is 2.60 bits per heavy atom. The Hall–Kier alpha value is -1.11. The Kier molecular flexibility index (Phi) is 5.98. The highest BCUT2D eigenvalue weighted by Crippen LogP contribution is 2.30. The van der Waals surface area contributed by atoms with Crippen LogP contribution in [-0.2, 0) is 6.18 Å². The summed E-state index contributed by atoms with van der Waals surface area (Å²) in [5.74, 6) is -1.81. The van der Waals surface area contributed by atoms with Crippen molar-refractivity contribution in [2.24, 2.45) is 0 Å². The minimum absolute atomic E-state index is 0.282. The molecule has 1 aromatic carbocycles. The van der Waals surface area contributed by atoms with Crippen LogP contribution in [0.2, 0.25) is 0 Å². The van der Waals surface area contributed by atoms with Crippen molar-refractivity contribution in [3.05, 3.63) is 35.1 Å². The summed E-state index contributed by atoms with van der Waals surface area (Å²) in [5.41, 5.74) is -1.63. The zero-order chi connectivity index (χ0) is 15.3. The molecule has 20 heavy (non-hydrogen) atoms. The van der Waals surface area contributed by atoms with E-state index in [0.717, 1.165) is 6.42 Å². The second-order valence-electron chi connectivity index (χ2n) is 4.37. The van der Waals surface area contributed by atoms with Gasteiger partial charge in [-0.2, -0.15) is 13.2 Å². The van der Waals surface area contributed by atoms with Crippen LogP contribution in [0.25, 0.3) is 0 Å². The first-order valence-corrected chi connectivity index (χ1v) is 6.92. The van der Waals surface area contributed by atoms with Gasteiger partial charge < -0.3 is 5.32 Å². The van der Waals surface area contributed by atoms with E-state index in [4.69, 9.17) is 0 Å². The first-order valence-electron chi connectivity index (χ1n) is 6.01. The normalized spacial score (nSPS) is 13.1. The third kappa shape index (κ3) is 5.11. The molecule has 1 aromatic rings. The number of nitrogens with one attached hydrogen (secondary N) is 1. The average molecular weight is 356 g/mol. The predicted molar refractivity (Wildman–Crippen MR) is 71.4 cm³/mol. The summed E-state index contributed by atoms with van der Waals surface area (Å²) in [5, 5.41) is 2.41. The molecule has 0 aromatic heterocycles. The van der Waals surface area contributed by atoms with Crippen molar-refractivity contribution >= 4 is 21.8 Å². The first-order chi connectivity index (χ1) is 9.21. The molecule has 0 spiro atoms. The molecule has 0 aliphatic rings. The van der Waals surface area contributed by atoms with E-state index >= 15 is 0 Å². The lowest BCUT2D eigenvalue weighted by Crippen LogP contribution is -2.26. The van der Waals surface area contributed by atoms with E-state index in [1.807, 2.05) is 6.92 Å². The summed E-state index contributed by atoms with van der Waals surface area (Å²) in [6.07, 6.45) is -3.15. The van der Waals surface area contributed by atoms with E-state index in [-0.39, 0.29) is 11.4 Å². The molecule has 1 rings (SSSR count). The van der Waals surface area contributed by atoms with E-state index < -0.39 is 29.0 Å². The highest BCUT2D eigenvalue weighted by Gasteiger charge is 2.31. The van der Waals surface area contributed by atoms with Gasteiger partial charge in [0.15, 0.2) is 0 Å². The van der Waals surface area contributed by atoms with Gasteiger partial charge in [0.2, 0.25) is 0 Å². The number of rotatable bonds is 5. The van der Waals surface area contributed by atoms with Crippen LogP contribution in [0.3, 0.4) is 0 Å². The van der Waals surface area contributed by atoms with Gasteiger partial charge in [-0.1, -0.05) is 22.9 Å². The topological polar surface area (TPSA) is 29.1 Å². The molecule has 0 saturated carbocycles. The van der Waals surface area contributed by atoms with Crippen LogP contribution in [0.1, 0.15) is 35.7 Å². The highest BCUT2D eigenvalue weighted by atomic mass is 79.9. The van der Waals surface area contributed by atoms with E-state index in [2.05, 4.69) is 21.2 Å². The van der Waals surface area contributed by atoms with Crippen LogP contribution in [0.4, 0.5) is 17.6 Å². The van der Waals surface area contributed by atoms with E-state index in [1.165, 1.54) is 0 Å². The number of alkyl halides is 4. The van der Waals surface area contributed by atoms with Crippen LogP contribution in [0, 0.1) is 5.82 Å². The minimum atomic E-state index is -4.60. The van der Waals surface area contributed by atoms with Crippen molar-refractivity contribution in [3.8, 4) is 0 Å². The maximum atomic E-state index is 13.4. The lowest BCUT2D eigenvalue weighted by molar-refractivity contribution is -0.137. The summed E-state index contributed by atoms with van der Waals surface area (Å²) in [6, 6.07) is 1.79. The molecule has 1 atom stereocenters. The molecule has 0 aliphatic carbocycles. The van der Waals surface area contributed by atoms with Crippen molar-refractivity contribution < 1.29 is 22.4 Å². The first kappa shape index (κ1) is 16.9. The van der Waals surface area contributed by atoms with Crippen molar-refractivity contribution in [1.82, 2.24) is 5.32 Å². The van der Waals surface area contributed by atoms with Gasteiger partial charge in [-0.3, -0.25) is 4.79 Å². The zero-order valence-corrected chi connectivity index (χ0v) is 12.3. The SMILES string of the molecule is CC(Br)CCCNC(=O)c1cc(C(F)(F)F)ccc1F. The fourth-order valence-electron chi connectivity index (χ4n) is 1.56. The van der Waals surface area contributed by atoms with Crippen LogP contribution in [0.5, 0.6) is 0 Å². The van der Waals surface area contributed by atoms with Gasteiger partial charge in [0.05, 0.1) is 11.1 Å². The van der Waals surface area contributed by atoms with Gasteiger partial charge in [-0.05, 0) is 31.0 Å². The second-order valence-corrected chi connectivity index (χ2v) is 5.93. The summed E-state index contributed by atoms with van der Waals surface area (Å²) in [7, 11) is 0. The maximum Gasteiger partial charge on any atom is 0.416 e. The average Bonchev–Trinajstić information content (AvgIpc) is 2.33. The molecule has 112 valence electrons. The molecule has 2 nitrogen and oxygen atoms in total. The van der Waals surface area contributed by atoms with Crippen molar-refractivity contribution in [2.75, 3.05) is 6.54 Å². The molecule has 0 heterocycles. The number of carbonyl (C=O) groups is 1. The maximum absolute atomic E-state index is 13.4. The van der Waals surface area contributed by atoms with Crippen molar-refractivity contribution in [3.63, 3.8) is 0 Å². The standard InChI is InChI=1S/C13H14BrF4NO/c1-8(14)3-2-6-19-12(20)10-7-9(13(16,17)18)4-5-11(10)15/h4-5,7-8H,2-3,6H2,1H3,(H,19,20). The van der Waals surface area contributed by atoms with Crippen LogP contribution in [0.15, 0.2) is 18.2 Å². The van der Waals surface area contributed by atoms with Gasteiger partial charge in [0, 0.05) is 11.4 Å². The smallest absolute Gasteiger partial charge is 0.352 e. The summed E-state index contributed by atoms with van der Waals surface area (Å²) in [6.45, 7) is 2.22. The number of hydrogen-bond donors (Lipinski definition) is 1. The molecule has 1 N–H and O–H groups in total. The Bertz CT molecular complexity index is 474. The zero-order valence-electron chi connectivity index (χ0n) is 10.7. The third-order valence-corrected chi connectivity index (χ3v) is 3.06. The van der Waals surface area contributed by atoms with E-state index in [9.17, 15) is 22.4 Å². The molecule has 0 saturated heterocycles. The van der Waals surface area contributed by atoms with Crippen LogP contribution >= 0.6 is 15.9 Å². The Morgan fingerprint density at radius 1 is 1.40 bits per heavy atom. The van der Waals surface area contributed by atoms with Crippen LogP contribution < -0.4 is 5.32 Å². The lowest BCUT2D eigenvalue weighted by Gasteiger charge is -2.10. The summed E-state index contributed by atoms with van der Waals surface area (Å²) in [4.78, 5) is 11.9. The Balaban J connectivity index is 2.72. The number of benzene rings is 1. The highest BCUT2D eigenvalue weighted by molar-refractivity contribution is 9.09. The monoisotopic (exact) mass is 355 g/mol.